The second kappa shape index (κ2) is 19.5. The second-order valence-electron chi connectivity index (χ2n) is 10.2. The van der Waals surface area contributed by atoms with Crippen LogP contribution in [0, 0.1) is 0 Å². The van der Waals surface area contributed by atoms with Gasteiger partial charge < -0.3 is 48.7 Å². The highest BCUT2D eigenvalue weighted by Gasteiger charge is 2.30. The summed E-state index contributed by atoms with van der Waals surface area (Å²) >= 11 is 5.71. The lowest BCUT2D eigenvalue weighted by atomic mass is 10.1. The molecular formula is C33H31F3N3O13PS. The van der Waals surface area contributed by atoms with Crippen LogP contribution in [-0.2, 0) is 45.1 Å². The van der Waals surface area contributed by atoms with Gasteiger partial charge in [-0.2, -0.15) is 13.2 Å². The molecule has 0 aliphatic heterocycles. The maximum absolute atomic E-state index is 12.4. The van der Waals surface area contributed by atoms with Crippen LogP contribution >= 0.6 is 6.72 Å². The summed E-state index contributed by atoms with van der Waals surface area (Å²) in [5, 5.41) is 2.13. The lowest BCUT2D eigenvalue weighted by molar-refractivity contribution is -0.159. The predicted octanol–water partition coefficient (Wildman–Crippen LogP) is 6.29. The number of hydrogen-bond acceptors (Lipinski definition) is 14. The summed E-state index contributed by atoms with van der Waals surface area (Å²) in [5.41, 5.74) is 11.1. The lowest BCUT2D eigenvalue weighted by Crippen LogP contribution is -2.23. The Hall–Kier alpha value is -6.27. The van der Waals surface area contributed by atoms with Crippen LogP contribution < -0.4 is 30.4 Å². The fraction of sp³-hybridized carbons (Fsp3) is 0.182. The smallest absolute Gasteiger partial charge is 0.458 e. The zero-order valence-corrected chi connectivity index (χ0v) is 29.4. The maximum Gasteiger partial charge on any atom is 0.490 e. The Labute approximate surface area is 309 Å². The second-order valence-corrected chi connectivity index (χ2v) is 13.0. The average molecular weight is 798 g/mol. The SMILES string of the molecule is C=CC(=O)OCC(OC(N)=O)c1ccc(OP(=S)(Oc2ccc(NC(=O)OCC(F)(F)F)cc2)Oc2ccc(C(COC(=O)C=C)OC(N)=O)cc2)cc1. The first kappa shape index (κ1) is 42.1. The van der Waals surface area contributed by atoms with Gasteiger partial charge in [0, 0.05) is 29.6 Å². The Morgan fingerprint density at radius 2 is 1.06 bits per heavy atom. The van der Waals surface area contributed by atoms with E-state index < -0.39 is 61.9 Å². The van der Waals surface area contributed by atoms with Gasteiger partial charge in [0.15, 0.2) is 18.8 Å². The molecule has 5 N–H and O–H groups in total. The number of alkyl halides is 3. The van der Waals surface area contributed by atoms with Crippen molar-refractivity contribution in [2.75, 3.05) is 25.1 Å². The third kappa shape index (κ3) is 14.8. The van der Waals surface area contributed by atoms with E-state index in [-0.39, 0.29) is 36.1 Å². The van der Waals surface area contributed by atoms with Gasteiger partial charge in [0.1, 0.15) is 30.5 Å². The molecule has 2 unspecified atom stereocenters. The minimum Gasteiger partial charge on any atom is -0.458 e. The number of carbonyl (C=O) groups is 5. The fourth-order valence-electron chi connectivity index (χ4n) is 3.94. The van der Waals surface area contributed by atoms with Gasteiger partial charge in [0.25, 0.3) is 0 Å². The molecule has 3 amide bonds. The molecule has 2 atom stereocenters. The number of nitrogens with two attached hydrogens (primary N) is 2. The van der Waals surface area contributed by atoms with Crippen LogP contribution in [-0.4, -0.2) is 56.2 Å². The van der Waals surface area contributed by atoms with E-state index in [1.54, 1.807) is 0 Å². The van der Waals surface area contributed by atoms with Crippen molar-refractivity contribution in [2.45, 2.75) is 18.4 Å². The van der Waals surface area contributed by atoms with Crippen molar-refractivity contribution in [3.05, 3.63) is 109 Å². The summed E-state index contributed by atoms with van der Waals surface area (Å²) in [7, 11) is 0. The predicted molar refractivity (Wildman–Crippen MR) is 186 cm³/mol. The minimum atomic E-state index is -4.72. The highest BCUT2D eigenvalue weighted by Crippen LogP contribution is 2.50. The number of amides is 3. The van der Waals surface area contributed by atoms with Gasteiger partial charge in [-0.15, -0.1) is 0 Å². The maximum atomic E-state index is 12.4. The van der Waals surface area contributed by atoms with Gasteiger partial charge in [-0.05, 0) is 59.7 Å². The van der Waals surface area contributed by atoms with E-state index >= 15 is 0 Å². The van der Waals surface area contributed by atoms with Gasteiger partial charge in [0.05, 0.1) is 0 Å². The van der Waals surface area contributed by atoms with E-state index in [0.717, 1.165) is 12.2 Å². The molecule has 16 nitrogen and oxygen atoms in total. The van der Waals surface area contributed by atoms with Crippen molar-refractivity contribution < 1.29 is 74.4 Å². The van der Waals surface area contributed by atoms with Crippen LogP contribution in [0.2, 0.25) is 0 Å². The molecule has 0 saturated carbocycles. The first-order chi connectivity index (χ1) is 25.5. The quantitative estimate of drug-likeness (QED) is 0.0557. The fourth-order valence-corrected chi connectivity index (χ4v) is 5.97. The number of benzene rings is 3. The van der Waals surface area contributed by atoms with Crippen LogP contribution in [0.5, 0.6) is 17.2 Å². The van der Waals surface area contributed by atoms with Crippen LogP contribution in [0.1, 0.15) is 23.3 Å². The first-order valence-corrected chi connectivity index (χ1v) is 17.5. The highest BCUT2D eigenvalue weighted by atomic mass is 32.5. The standard InChI is InChI=1S/C33H31F3N3O13PS/c1-3-28(40)45-17-26(48-30(37)42)20-5-11-23(12-6-20)50-53(54,52-25-15-9-22(10-16-25)39-32(44)47-19-33(34,35)36)51-24-13-7-21(8-14-24)27(49-31(38)43)18-46-29(41)4-2/h3-16,26-27H,1-2,17-19H2,(H2,37,42)(H2,38,43)(H,39,44). The third-order valence-corrected chi connectivity index (χ3v) is 8.20. The number of primary amides is 2. The van der Waals surface area contributed by atoms with Crippen LogP contribution in [0.4, 0.5) is 33.2 Å². The van der Waals surface area contributed by atoms with Crippen molar-refractivity contribution in [1.82, 2.24) is 0 Å². The Bertz CT molecular complexity index is 1770. The van der Waals surface area contributed by atoms with Crippen molar-refractivity contribution in [1.29, 1.82) is 0 Å². The molecule has 0 aliphatic rings. The normalized spacial score (nSPS) is 12.9. The molecule has 3 aromatic rings. The molecule has 0 radical (unpaired) electrons. The van der Waals surface area contributed by atoms with E-state index in [0.29, 0.717) is 11.1 Å². The number of rotatable bonds is 18. The summed E-state index contributed by atoms with van der Waals surface area (Å²) in [6.07, 6.45) is -8.71. The van der Waals surface area contributed by atoms with Crippen molar-refractivity contribution in [2.24, 2.45) is 11.5 Å². The summed E-state index contributed by atoms with van der Waals surface area (Å²) < 4.78 is 79.3. The summed E-state index contributed by atoms with van der Waals surface area (Å²) in [5.74, 6) is -1.33. The molecule has 54 heavy (non-hydrogen) atoms. The molecule has 0 aliphatic carbocycles. The number of nitrogens with one attached hydrogen (secondary N) is 1. The molecule has 3 rings (SSSR count). The third-order valence-electron chi connectivity index (χ3n) is 6.23. The topological polar surface area (TPSA) is 223 Å². The molecule has 0 saturated heterocycles. The monoisotopic (exact) mass is 797 g/mol. The average Bonchev–Trinajstić information content (AvgIpc) is 3.11. The van der Waals surface area contributed by atoms with Crippen LogP contribution in [0.25, 0.3) is 0 Å². The zero-order chi connectivity index (χ0) is 39.9. The highest BCUT2D eigenvalue weighted by molar-refractivity contribution is 8.08. The lowest BCUT2D eigenvalue weighted by Gasteiger charge is -2.24. The largest absolute Gasteiger partial charge is 0.490 e. The number of carbonyl (C=O) groups excluding carboxylic acids is 5. The van der Waals surface area contributed by atoms with E-state index in [1.165, 1.54) is 72.8 Å². The molecule has 288 valence electrons. The van der Waals surface area contributed by atoms with Gasteiger partial charge in [-0.1, -0.05) is 37.4 Å². The summed E-state index contributed by atoms with van der Waals surface area (Å²) in [6, 6.07) is 16.6. The molecule has 0 aromatic heterocycles. The Kier molecular flexibility index (Phi) is 15.2. The number of esters is 2. The zero-order valence-electron chi connectivity index (χ0n) is 27.7. The van der Waals surface area contributed by atoms with E-state index in [2.05, 4.69) is 23.2 Å². The molecule has 0 spiro atoms. The number of anilines is 1. The molecule has 0 fully saturated rings. The molecule has 0 bridgehead atoms. The van der Waals surface area contributed by atoms with Gasteiger partial charge in [-0.25, -0.2) is 24.0 Å². The molecule has 21 heteroatoms. The van der Waals surface area contributed by atoms with Crippen LogP contribution in [0.15, 0.2) is 98.1 Å². The van der Waals surface area contributed by atoms with E-state index in [4.69, 9.17) is 55.8 Å². The summed E-state index contributed by atoms with van der Waals surface area (Å²) in [6.45, 7) is 0.109. The van der Waals surface area contributed by atoms with Crippen molar-refractivity contribution >= 4 is 54.4 Å². The van der Waals surface area contributed by atoms with E-state index in [9.17, 15) is 37.1 Å². The molecule has 0 heterocycles. The Balaban J connectivity index is 1.88. The minimum absolute atomic E-state index is 0.0405. The van der Waals surface area contributed by atoms with E-state index in [1.807, 2.05) is 0 Å². The number of ether oxygens (including phenoxy) is 5. The van der Waals surface area contributed by atoms with Gasteiger partial charge >= 0.3 is 43.1 Å². The Morgan fingerprint density at radius 3 is 1.39 bits per heavy atom. The van der Waals surface area contributed by atoms with Crippen LogP contribution in [0.3, 0.4) is 0 Å². The van der Waals surface area contributed by atoms with Gasteiger partial charge in [-0.3, -0.25) is 5.32 Å². The molecule has 3 aromatic carbocycles. The Morgan fingerprint density at radius 1 is 0.685 bits per heavy atom. The number of hydrogen-bond donors (Lipinski definition) is 3. The first-order valence-electron chi connectivity index (χ1n) is 15.0. The molecular weight excluding hydrogens is 766 g/mol. The van der Waals surface area contributed by atoms with Crippen molar-refractivity contribution in [3.8, 4) is 17.2 Å². The summed E-state index contributed by atoms with van der Waals surface area (Å²) in [4.78, 5) is 57.8. The number of halogens is 3. The van der Waals surface area contributed by atoms with Gasteiger partial charge in [0.2, 0.25) is 0 Å². The van der Waals surface area contributed by atoms with Crippen molar-refractivity contribution in [3.63, 3.8) is 0 Å².